The fourth-order valence-electron chi connectivity index (χ4n) is 3.53. The standard InChI is InChI=1S/C24H21ClN2O4S/c1-31-20-6-4-5-19(13-20)26-24(28)16-32(29,30)23-15-27(22-8-3-2-7-21(22)23)14-17-9-11-18(25)12-10-17/h2-13,15H,14,16H2,1H3,(H,26,28). The number of carbonyl (C=O) groups excluding carboxylic acids is 1. The van der Waals surface area contributed by atoms with E-state index in [0.717, 1.165) is 11.1 Å². The monoisotopic (exact) mass is 468 g/mol. The van der Waals surface area contributed by atoms with Crippen LogP contribution in [0.3, 0.4) is 0 Å². The van der Waals surface area contributed by atoms with Crippen LogP contribution in [0.4, 0.5) is 5.69 Å². The second-order valence-electron chi connectivity index (χ2n) is 7.30. The quantitative estimate of drug-likeness (QED) is 0.424. The highest BCUT2D eigenvalue weighted by atomic mass is 35.5. The molecule has 0 saturated carbocycles. The second-order valence-corrected chi connectivity index (χ2v) is 9.70. The van der Waals surface area contributed by atoms with Gasteiger partial charge in [0.1, 0.15) is 11.5 Å². The van der Waals surface area contributed by atoms with Gasteiger partial charge in [-0.1, -0.05) is 48.0 Å². The molecule has 0 aliphatic rings. The number of halogens is 1. The van der Waals surface area contributed by atoms with Gasteiger partial charge in [0.05, 0.1) is 12.0 Å². The van der Waals surface area contributed by atoms with E-state index in [2.05, 4.69) is 5.32 Å². The van der Waals surface area contributed by atoms with Crippen LogP contribution in [-0.2, 0) is 21.2 Å². The Morgan fingerprint density at radius 1 is 1.03 bits per heavy atom. The number of nitrogens with one attached hydrogen (secondary N) is 1. The molecule has 4 rings (SSSR count). The molecule has 0 bridgehead atoms. The molecular weight excluding hydrogens is 448 g/mol. The van der Waals surface area contributed by atoms with Gasteiger partial charge in [0.2, 0.25) is 5.91 Å². The number of ether oxygens (including phenoxy) is 1. The minimum atomic E-state index is -3.89. The maximum absolute atomic E-state index is 13.2. The molecule has 4 aromatic rings. The number of benzene rings is 3. The van der Waals surface area contributed by atoms with Gasteiger partial charge in [-0.25, -0.2) is 8.42 Å². The highest BCUT2D eigenvalue weighted by molar-refractivity contribution is 7.92. The molecule has 6 nitrogen and oxygen atoms in total. The van der Waals surface area contributed by atoms with Crippen molar-refractivity contribution in [2.75, 3.05) is 18.2 Å². The Morgan fingerprint density at radius 2 is 1.78 bits per heavy atom. The summed E-state index contributed by atoms with van der Waals surface area (Å²) in [4.78, 5) is 12.6. The number of nitrogens with zero attached hydrogens (tertiary/aromatic N) is 1. The molecule has 0 saturated heterocycles. The molecule has 1 heterocycles. The molecule has 0 fully saturated rings. The molecule has 0 radical (unpaired) electrons. The van der Waals surface area contributed by atoms with Crippen molar-refractivity contribution in [3.63, 3.8) is 0 Å². The van der Waals surface area contributed by atoms with Crippen LogP contribution in [0.2, 0.25) is 5.02 Å². The Morgan fingerprint density at radius 3 is 2.53 bits per heavy atom. The van der Waals surface area contributed by atoms with Gasteiger partial charge in [-0.2, -0.15) is 0 Å². The highest BCUT2D eigenvalue weighted by Crippen LogP contribution is 2.27. The van der Waals surface area contributed by atoms with Gasteiger partial charge in [0, 0.05) is 40.4 Å². The fraction of sp³-hybridized carbons (Fsp3) is 0.125. The molecule has 0 spiro atoms. The molecule has 32 heavy (non-hydrogen) atoms. The minimum absolute atomic E-state index is 0.128. The van der Waals surface area contributed by atoms with Crippen molar-refractivity contribution < 1.29 is 17.9 Å². The normalized spacial score (nSPS) is 11.4. The van der Waals surface area contributed by atoms with Crippen LogP contribution in [0.1, 0.15) is 5.56 Å². The predicted molar refractivity (Wildman–Crippen MR) is 126 cm³/mol. The van der Waals surface area contributed by atoms with Crippen molar-refractivity contribution in [3.05, 3.63) is 89.6 Å². The van der Waals surface area contributed by atoms with Gasteiger partial charge in [-0.3, -0.25) is 4.79 Å². The number of hydrogen-bond acceptors (Lipinski definition) is 4. The van der Waals surface area contributed by atoms with Crippen molar-refractivity contribution >= 4 is 43.9 Å². The zero-order valence-corrected chi connectivity index (χ0v) is 18.9. The first-order chi connectivity index (χ1) is 15.4. The Bertz CT molecular complexity index is 1380. The summed E-state index contributed by atoms with van der Waals surface area (Å²) in [5.74, 6) is -0.720. The first-order valence-corrected chi connectivity index (χ1v) is 11.9. The molecule has 1 N–H and O–H groups in total. The van der Waals surface area contributed by atoms with Crippen LogP contribution in [0, 0.1) is 0 Å². The number of methoxy groups -OCH3 is 1. The number of amides is 1. The van der Waals surface area contributed by atoms with Crippen molar-refractivity contribution in [2.24, 2.45) is 0 Å². The third-order valence-corrected chi connectivity index (χ3v) is 6.92. The van der Waals surface area contributed by atoms with Crippen molar-refractivity contribution in [1.82, 2.24) is 4.57 Å². The van der Waals surface area contributed by atoms with Gasteiger partial charge < -0.3 is 14.6 Å². The van der Waals surface area contributed by atoms with Gasteiger partial charge in [0.25, 0.3) is 0 Å². The summed E-state index contributed by atoms with van der Waals surface area (Å²) in [5.41, 5.74) is 2.22. The fourth-order valence-corrected chi connectivity index (χ4v) is 5.02. The zero-order valence-electron chi connectivity index (χ0n) is 17.3. The van der Waals surface area contributed by atoms with E-state index < -0.39 is 21.5 Å². The van der Waals surface area contributed by atoms with Crippen LogP contribution >= 0.6 is 11.6 Å². The minimum Gasteiger partial charge on any atom is -0.497 e. The molecule has 0 atom stereocenters. The van der Waals surface area contributed by atoms with Gasteiger partial charge in [-0.05, 0) is 35.9 Å². The highest BCUT2D eigenvalue weighted by Gasteiger charge is 2.24. The first-order valence-electron chi connectivity index (χ1n) is 9.85. The van der Waals surface area contributed by atoms with E-state index in [4.69, 9.17) is 16.3 Å². The van der Waals surface area contributed by atoms with E-state index in [9.17, 15) is 13.2 Å². The number of sulfone groups is 1. The van der Waals surface area contributed by atoms with Crippen molar-refractivity contribution in [1.29, 1.82) is 0 Å². The maximum Gasteiger partial charge on any atom is 0.239 e. The number of fused-ring (bicyclic) bond motifs is 1. The summed E-state index contributed by atoms with van der Waals surface area (Å²) in [7, 11) is -2.37. The third-order valence-electron chi connectivity index (χ3n) is 5.03. The lowest BCUT2D eigenvalue weighted by Gasteiger charge is -2.07. The number of hydrogen-bond donors (Lipinski definition) is 1. The molecule has 0 aliphatic heterocycles. The lowest BCUT2D eigenvalue weighted by Crippen LogP contribution is -2.23. The van der Waals surface area contributed by atoms with Crippen LogP contribution in [0.15, 0.2) is 83.9 Å². The largest absolute Gasteiger partial charge is 0.497 e. The first kappa shape index (κ1) is 21.9. The second kappa shape index (κ2) is 9.06. The number of carbonyl (C=O) groups is 1. The Labute approximate surface area is 191 Å². The molecule has 0 unspecified atom stereocenters. The number of aromatic nitrogens is 1. The molecule has 1 amide bonds. The van der Waals surface area contributed by atoms with Crippen molar-refractivity contribution in [2.45, 2.75) is 11.4 Å². The van der Waals surface area contributed by atoms with Crippen LogP contribution in [0.5, 0.6) is 5.75 Å². The Kier molecular flexibility index (Phi) is 6.21. The van der Waals surface area contributed by atoms with Gasteiger partial charge in [0.15, 0.2) is 9.84 Å². The smallest absolute Gasteiger partial charge is 0.239 e. The lowest BCUT2D eigenvalue weighted by molar-refractivity contribution is -0.113. The van der Waals surface area contributed by atoms with E-state index in [1.165, 1.54) is 7.11 Å². The number of para-hydroxylation sites is 1. The molecule has 1 aromatic heterocycles. The summed E-state index contributed by atoms with van der Waals surface area (Å²) >= 11 is 5.97. The van der Waals surface area contributed by atoms with Crippen LogP contribution in [-0.4, -0.2) is 31.8 Å². The van der Waals surface area contributed by atoms with Gasteiger partial charge in [-0.15, -0.1) is 0 Å². The topological polar surface area (TPSA) is 77.4 Å². The number of anilines is 1. The Hall–Kier alpha value is -3.29. The molecule has 3 aromatic carbocycles. The third kappa shape index (κ3) is 4.79. The summed E-state index contributed by atoms with van der Waals surface area (Å²) in [6, 6.07) is 21.4. The van der Waals surface area contributed by atoms with E-state index in [1.54, 1.807) is 54.7 Å². The van der Waals surface area contributed by atoms with E-state index in [-0.39, 0.29) is 4.90 Å². The lowest BCUT2D eigenvalue weighted by atomic mass is 10.2. The van der Waals surface area contributed by atoms with Gasteiger partial charge >= 0.3 is 0 Å². The zero-order chi connectivity index (χ0) is 22.7. The summed E-state index contributed by atoms with van der Waals surface area (Å²) in [5, 5.41) is 3.84. The van der Waals surface area contributed by atoms with Crippen molar-refractivity contribution in [3.8, 4) is 5.75 Å². The number of rotatable bonds is 7. The van der Waals surface area contributed by atoms with Crippen LogP contribution < -0.4 is 10.1 Å². The average Bonchev–Trinajstić information content (AvgIpc) is 3.14. The predicted octanol–water partition coefficient (Wildman–Crippen LogP) is 4.76. The summed E-state index contributed by atoms with van der Waals surface area (Å²) in [6.07, 6.45) is 1.59. The SMILES string of the molecule is COc1cccc(NC(=O)CS(=O)(=O)c2cn(Cc3ccc(Cl)cc3)c3ccccc23)c1. The average molecular weight is 469 g/mol. The van der Waals surface area contributed by atoms with Crippen LogP contribution in [0.25, 0.3) is 10.9 Å². The molecule has 8 heteroatoms. The van der Waals surface area contributed by atoms with E-state index >= 15 is 0 Å². The maximum atomic E-state index is 13.2. The van der Waals surface area contributed by atoms with E-state index in [0.29, 0.717) is 28.4 Å². The molecule has 164 valence electrons. The molecular formula is C24H21ClN2O4S. The summed E-state index contributed by atoms with van der Waals surface area (Å²) < 4.78 is 33.3. The summed E-state index contributed by atoms with van der Waals surface area (Å²) in [6.45, 7) is 0.475. The Balaban J connectivity index is 1.61. The molecule has 0 aliphatic carbocycles. The van der Waals surface area contributed by atoms with E-state index in [1.807, 2.05) is 28.8 Å².